The number of hydrogen-bond acceptors (Lipinski definition) is 4. The Balaban J connectivity index is 1.69. The van der Waals surface area contributed by atoms with Gasteiger partial charge < -0.3 is 9.47 Å². The fourth-order valence-corrected chi connectivity index (χ4v) is 3.34. The van der Waals surface area contributed by atoms with Crippen molar-refractivity contribution in [2.75, 3.05) is 6.61 Å². The highest BCUT2D eigenvalue weighted by Crippen LogP contribution is 2.42. The van der Waals surface area contributed by atoms with E-state index in [0.717, 1.165) is 12.8 Å². The minimum Gasteiger partial charge on any atom is -0.462 e. The maximum Gasteiger partial charge on any atom is 0.348 e. The summed E-state index contributed by atoms with van der Waals surface area (Å²) in [6.07, 6.45) is 6.70. The van der Waals surface area contributed by atoms with E-state index in [1.54, 1.807) is 0 Å². The second-order valence-electron chi connectivity index (χ2n) is 6.64. The third-order valence-electron chi connectivity index (χ3n) is 4.62. The standard InChI is InChI=1S/C15H20O4/c1-15(2)8-18-14(17)12(15)19-13(16)11-7-9-3-5-10(11)6-4-9/h3,5,9-12H,4,6-8H2,1-2H3/t9?,10?,11?,12-/m1/s1. The van der Waals surface area contributed by atoms with Crippen LogP contribution in [-0.4, -0.2) is 24.6 Å². The fourth-order valence-electron chi connectivity index (χ4n) is 3.34. The predicted octanol–water partition coefficient (Wildman–Crippen LogP) is 2.08. The normalized spacial score (nSPS) is 39.2. The highest BCUT2D eigenvalue weighted by molar-refractivity contribution is 5.83. The summed E-state index contributed by atoms with van der Waals surface area (Å²) in [6, 6.07) is 0. The van der Waals surface area contributed by atoms with Gasteiger partial charge in [0.2, 0.25) is 6.10 Å². The monoisotopic (exact) mass is 264 g/mol. The lowest BCUT2D eigenvalue weighted by Crippen LogP contribution is -2.40. The maximum absolute atomic E-state index is 12.3. The number of carbonyl (C=O) groups is 2. The van der Waals surface area contributed by atoms with E-state index in [9.17, 15) is 9.59 Å². The Morgan fingerprint density at radius 3 is 2.63 bits per heavy atom. The second-order valence-corrected chi connectivity index (χ2v) is 6.64. The van der Waals surface area contributed by atoms with Gasteiger partial charge in [-0.15, -0.1) is 0 Å². The molecule has 1 saturated carbocycles. The molecule has 0 radical (unpaired) electrons. The molecule has 0 amide bonds. The SMILES string of the molecule is CC1(C)COC(=O)[C@H]1OC(=O)C1CC2C=CC1CC2. The maximum atomic E-state index is 12.3. The lowest BCUT2D eigenvalue weighted by atomic mass is 9.69. The molecule has 3 aliphatic carbocycles. The van der Waals surface area contributed by atoms with Crippen LogP contribution in [0.25, 0.3) is 0 Å². The lowest BCUT2D eigenvalue weighted by molar-refractivity contribution is -0.168. The quantitative estimate of drug-likeness (QED) is 0.566. The van der Waals surface area contributed by atoms with Crippen LogP contribution >= 0.6 is 0 Å². The first-order valence-corrected chi connectivity index (χ1v) is 7.03. The Morgan fingerprint density at radius 2 is 2.16 bits per heavy atom. The largest absolute Gasteiger partial charge is 0.462 e. The first kappa shape index (κ1) is 12.7. The summed E-state index contributed by atoms with van der Waals surface area (Å²) in [6.45, 7) is 4.10. The number of carbonyl (C=O) groups excluding carboxylic acids is 2. The Hall–Kier alpha value is -1.32. The van der Waals surface area contributed by atoms with E-state index >= 15 is 0 Å². The fraction of sp³-hybridized carbons (Fsp3) is 0.733. The van der Waals surface area contributed by atoms with Crippen LogP contribution in [0.4, 0.5) is 0 Å². The van der Waals surface area contributed by atoms with Crippen molar-refractivity contribution >= 4 is 11.9 Å². The molecule has 2 fully saturated rings. The van der Waals surface area contributed by atoms with Gasteiger partial charge in [0.05, 0.1) is 5.92 Å². The molecule has 1 heterocycles. The molecule has 0 N–H and O–H groups in total. The zero-order valence-corrected chi connectivity index (χ0v) is 11.4. The zero-order valence-electron chi connectivity index (χ0n) is 11.4. The second kappa shape index (κ2) is 4.36. The van der Waals surface area contributed by atoms with Crippen molar-refractivity contribution in [3.8, 4) is 0 Å². The molecule has 0 aromatic rings. The Morgan fingerprint density at radius 1 is 1.37 bits per heavy atom. The molecule has 19 heavy (non-hydrogen) atoms. The average molecular weight is 264 g/mol. The van der Waals surface area contributed by atoms with Crippen molar-refractivity contribution in [3.63, 3.8) is 0 Å². The van der Waals surface area contributed by atoms with E-state index in [0.29, 0.717) is 12.5 Å². The number of cyclic esters (lactones) is 1. The average Bonchev–Trinajstić information content (AvgIpc) is 2.67. The molecule has 0 aromatic heterocycles. The van der Waals surface area contributed by atoms with Crippen LogP contribution in [0, 0.1) is 23.2 Å². The first-order valence-electron chi connectivity index (χ1n) is 7.03. The van der Waals surface area contributed by atoms with Gasteiger partial charge in [0.1, 0.15) is 6.61 Å². The van der Waals surface area contributed by atoms with E-state index in [1.165, 1.54) is 6.42 Å². The van der Waals surface area contributed by atoms with E-state index < -0.39 is 17.5 Å². The van der Waals surface area contributed by atoms with Gasteiger partial charge in [-0.2, -0.15) is 0 Å². The highest BCUT2D eigenvalue weighted by Gasteiger charge is 2.48. The molecule has 4 heteroatoms. The molecular formula is C15H20O4. The van der Waals surface area contributed by atoms with Crippen molar-refractivity contribution in [1.29, 1.82) is 0 Å². The summed E-state index contributed by atoms with van der Waals surface area (Å²) in [4.78, 5) is 24.0. The van der Waals surface area contributed by atoms with Gasteiger partial charge in [-0.3, -0.25) is 4.79 Å². The molecule has 4 aliphatic rings. The summed E-state index contributed by atoms with van der Waals surface area (Å²) in [5.74, 6) is 0.0860. The van der Waals surface area contributed by atoms with Crippen LogP contribution < -0.4 is 0 Å². The van der Waals surface area contributed by atoms with Crippen LogP contribution in [0.15, 0.2) is 12.2 Å². The van der Waals surface area contributed by atoms with Crippen LogP contribution in [-0.2, 0) is 19.1 Å². The van der Waals surface area contributed by atoms with Crippen LogP contribution in [0.1, 0.15) is 33.1 Å². The lowest BCUT2D eigenvalue weighted by Gasteiger charge is -2.37. The van der Waals surface area contributed by atoms with Crippen LogP contribution in [0.5, 0.6) is 0 Å². The molecule has 0 aromatic carbocycles. The minimum absolute atomic E-state index is 0.0760. The van der Waals surface area contributed by atoms with E-state index in [2.05, 4.69) is 12.2 Å². The Bertz CT molecular complexity index is 437. The van der Waals surface area contributed by atoms with Crippen LogP contribution in [0.3, 0.4) is 0 Å². The number of fused-ring (bicyclic) bond motifs is 2. The zero-order chi connectivity index (χ0) is 13.6. The number of esters is 2. The van der Waals surface area contributed by atoms with Gasteiger partial charge in [-0.1, -0.05) is 26.0 Å². The molecule has 4 atom stereocenters. The van der Waals surface area contributed by atoms with Gasteiger partial charge in [0.25, 0.3) is 0 Å². The van der Waals surface area contributed by atoms with Crippen molar-refractivity contribution in [3.05, 3.63) is 12.2 Å². The molecule has 2 bridgehead atoms. The molecule has 4 rings (SSSR count). The third kappa shape index (κ3) is 2.17. The summed E-state index contributed by atoms with van der Waals surface area (Å²) in [7, 11) is 0. The summed E-state index contributed by atoms with van der Waals surface area (Å²) < 4.78 is 10.5. The third-order valence-corrected chi connectivity index (χ3v) is 4.62. The molecule has 1 aliphatic heterocycles. The van der Waals surface area contributed by atoms with Crippen LogP contribution in [0.2, 0.25) is 0 Å². The minimum atomic E-state index is -0.746. The van der Waals surface area contributed by atoms with Gasteiger partial charge in [-0.05, 0) is 31.1 Å². The van der Waals surface area contributed by atoms with E-state index in [4.69, 9.17) is 9.47 Å². The topological polar surface area (TPSA) is 52.6 Å². The van der Waals surface area contributed by atoms with E-state index in [-0.39, 0.29) is 17.8 Å². The highest BCUT2D eigenvalue weighted by atomic mass is 16.6. The van der Waals surface area contributed by atoms with Gasteiger partial charge >= 0.3 is 11.9 Å². The van der Waals surface area contributed by atoms with Crippen molar-refractivity contribution < 1.29 is 19.1 Å². The number of allylic oxidation sites excluding steroid dienone is 2. The molecule has 1 saturated heterocycles. The molecule has 104 valence electrons. The van der Waals surface area contributed by atoms with Crippen molar-refractivity contribution in [2.24, 2.45) is 23.2 Å². The number of ether oxygens (including phenoxy) is 2. The number of hydrogen-bond donors (Lipinski definition) is 0. The summed E-state index contributed by atoms with van der Waals surface area (Å²) in [5, 5.41) is 0. The Labute approximate surface area is 113 Å². The summed E-state index contributed by atoms with van der Waals surface area (Å²) in [5.41, 5.74) is -0.420. The smallest absolute Gasteiger partial charge is 0.348 e. The van der Waals surface area contributed by atoms with Gasteiger partial charge in [-0.25, -0.2) is 4.79 Å². The predicted molar refractivity (Wildman–Crippen MR) is 68.1 cm³/mol. The van der Waals surface area contributed by atoms with Crippen molar-refractivity contribution in [1.82, 2.24) is 0 Å². The first-order chi connectivity index (χ1) is 8.97. The summed E-state index contributed by atoms with van der Waals surface area (Å²) >= 11 is 0. The van der Waals surface area contributed by atoms with Gasteiger partial charge in [0, 0.05) is 5.41 Å². The van der Waals surface area contributed by atoms with E-state index in [1.807, 2.05) is 13.8 Å². The number of rotatable bonds is 2. The molecule has 4 nitrogen and oxygen atoms in total. The van der Waals surface area contributed by atoms with Gasteiger partial charge in [0.15, 0.2) is 0 Å². The molecule has 3 unspecified atom stereocenters. The Kier molecular flexibility index (Phi) is 2.91. The molecule has 0 spiro atoms. The molecular weight excluding hydrogens is 244 g/mol. The van der Waals surface area contributed by atoms with Crippen molar-refractivity contribution in [2.45, 2.75) is 39.2 Å².